The second-order valence-corrected chi connectivity index (χ2v) is 3.63. The van der Waals surface area contributed by atoms with Crippen LogP contribution in [-0.4, -0.2) is 0 Å². The fraction of sp³-hybridized carbons (Fsp3) is 0.250. The average molecular weight is 271 g/mol. The molecule has 0 radical (unpaired) electrons. The van der Waals surface area contributed by atoms with E-state index in [4.69, 9.17) is 0 Å². The molecule has 0 spiro atoms. The predicted octanol–water partition coefficient (Wildman–Crippen LogP) is 3.90. The Hall–Kier alpha value is -0.160. The van der Waals surface area contributed by atoms with Gasteiger partial charge in [0.2, 0.25) is 0 Å². The molecule has 0 saturated carbocycles. The van der Waals surface area contributed by atoms with Crippen molar-refractivity contribution in [2.75, 3.05) is 0 Å². The van der Waals surface area contributed by atoms with E-state index < -0.39 is 11.7 Å². The summed E-state index contributed by atoms with van der Waals surface area (Å²) < 4.78 is 36.9. The summed E-state index contributed by atoms with van der Waals surface area (Å²) in [6, 6.07) is 3.53. The van der Waals surface area contributed by atoms with Gasteiger partial charge >= 0.3 is 6.18 Å². The van der Waals surface area contributed by atoms with Gasteiger partial charge in [0, 0.05) is 10.2 Å². The van der Waals surface area contributed by atoms with Crippen LogP contribution in [0.1, 0.15) is 11.1 Å². The van der Waals surface area contributed by atoms with Gasteiger partial charge in [-0.25, -0.2) is 0 Å². The maximum absolute atomic E-state index is 12.2. The number of alkyl halides is 3. The van der Waals surface area contributed by atoms with E-state index in [2.05, 4.69) is 28.6 Å². The maximum Gasteiger partial charge on any atom is 0.416 e. The standard InChI is InChI=1S/C8H6BrF3S/c9-7-3-6(8(10,11)12)2-1-5(7)4-13/h1-3,13H,4H2. The summed E-state index contributed by atoms with van der Waals surface area (Å²) in [4.78, 5) is 0. The lowest BCUT2D eigenvalue weighted by Crippen LogP contribution is -2.04. The second-order valence-electron chi connectivity index (χ2n) is 2.46. The number of benzene rings is 1. The first-order chi connectivity index (χ1) is 5.95. The minimum absolute atomic E-state index is 0.415. The van der Waals surface area contributed by atoms with Crippen LogP contribution in [-0.2, 0) is 11.9 Å². The highest BCUT2D eigenvalue weighted by molar-refractivity contribution is 9.10. The quantitative estimate of drug-likeness (QED) is 0.736. The van der Waals surface area contributed by atoms with Crippen molar-refractivity contribution in [3.63, 3.8) is 0 Å². The predicted molar refractivity (Wildman–Crippen MR) is 51.8 cm³/mol. The molecular weight excluding hydrogens is 265 g/mol. The first-order valence-electron chi connectivity index (χ1n) is 3.41. The summed E-state index contributed by atoms with van der Waals surface area (Å²) in [5, 5.41) is 0. The molecule has 0 aliphatic carbocycles. The van der Waals surface area contributed by atoms with Crippen molar-refractivity contribution >= 4 is 28.6 Å². The van der Waals surface area contributed by atoms with E-state index in [1.54, 1.807) is 0 Å². The largest absolute Gasteiger partial charge is 0.416 e. The van der Waals surface area contributed by atoms with Crippen LogP contribution in [0.25, 0.3) is 0 Å². The van der Waals surface area contributed by atoms with Crippen LogP contribution in [0.4, 0.5) is 13.2 Å². The van der Waals surface area contributed by atoms with Gasteiger partial charge in [-0.05, 0) is 17.7 Å². The van der Waals surface area contributed by atoms with Gasteiger partial charge < -0.3 is 0 Å². The Morgan fingerprint density at radius 3 is 2.31 bits per heavy atom. The van der Waals surface area contributed by atoms with Crippen molar-refractivity contribution in [1.82, 2.24) is 0 Å². The van der Waals surface area contributed by atoms with Crippen molar-refractivity contribution in [3.8, 4) is 0 Å². The van der Waals surface area contributed by atoms with Gasteiger partial charge in [0.1, 0.15) is 0 Å². The zero-order chi connectivity index (χ0) is 10.1. The van der Waals surface area contributed by atoms with Crippen LogP contribution in [0.3, 0.4) is 0 Å². The van der Waals surface area contributed by atoms with Gasteiger partial charge in [0.15, 0.2) is 0 Å². The molecule has 0 heterocycles. The zero-order valence-corrected chi connectivity index (χ0v) is 8.88. The highest BCUT2D eigenvalue weighted by Gasteiger charge is 2.30. The lowest BCUT2D eigenvalue weighted by molar-refractivity contribution is -0.137. The lowest BCUT2D eigenvalue weighted by Gasteiger charge is -2.08. The first-order valence-corrected chi connectivity index (χ1v) is 4.84. The Balaban J connectivity index is 3.10. The molecule has 0 amide bonds. The third-order valence-corrected chi connectivity index (χ3v) is 2.63. The molecule has 5 heteroatoms. The number of hydrogen-bond acceptors (Lipinski definition) is 1. The van der Waals surface area contributed by atoms with Gasteiger partial charge in [-0.15, -0.1) is 0 Å². The molecule has 0 aliphatic heterocycles. The molecule has 0 fully saturated rings. The number of rotatable bonds is 1. The Labute approximate surface area is 87.7 Å². The Kier molecular flexibility index (Phi) is 3.29. The van der Waals surface area contributed by atoms with E-state index in [1.165, 1.54) is 6.07 Å². The molecular formula is C8H6BrF3S. The van der Waals surface area contributed by atoms with Crippen molar-refractivity contribution < 1.29 is 13.2 Å². The summed E-state index contributed by atoms with van der Waals surface area (Å²) >= 11 is 7.03. The Morgan fingerprint density at radius 1 is 1.31 bits per heavy atom. The molecule has 1 rings (SSSR count). The third-order valence-electron chi connectivity index (χ3n) is 1.55. The summed E-state index contributed by atoms with van der Waals surface area (Å²) in [5.41, 5.74) is 0.0984. The molecule has 0 bridgehead atoms. The molecule has 0 N–H and O–H groups in total. The van der Waals surface area contributed by atoms with Crippen LogP contribution >= 0.6 is 28.6 Å². The van der Waals surface area contributed by atoms with Crippen molar-refractivity contribution in [2.45, 2.75) is 11.9 Å². The van der Waals surface area contributed by atoms with E-state index in [-0.39, 0.29) is 0 Å². The molecule has 13 heavy (non-hydrogen) atoms. The van der Waals surface area contributed by atoms with Gasteiger partial charge in [0.25, 0.3) is 0 Å². The Bertz CT molecular complexity index is 309. The van der Waals surface area contributed by atoms with E-state index in [1.807, 2.05) is 0 Å². The second kappa shape index (κ2) is 3.92. The smallest absolute Gasteiger partial charge is 0.175 e. The van der Waals surface area contributed by atoms with Crippen LogP contribution in [0, 0.1) is 0 Å². The van der Waals surface area contributed by atoms with Crippen molar-refractivity contribution in [1.29, 1.82) is 0 Å². The highest BCUT2D eigenvalue weighted by Crippen LogP contribution is 2.32. The molecule has 0 nitrogen and oxygen atoms in total. The Morgan fingerprint density at radius 2 is 1.92 bits per heavy atom. The normalized spacial score (nSPS) is 11.8. The van der Waals surface area contributed by atoms with Crippen LogP contribution < -0.4 is 0 Å². The third kappa shape index (κ3) is 2.64. The molecule has 0 atom stereocenters. The van der Waals surface area contributed by atoms with Gasteiger partial charge in [-0.3, -0.25) is 0 Å². The zero-order valence-electron chi connectivity index (χ0n) is 6.40. The van der Waals surface area contributed by atoms with E-state index in [9.17, 15) is 13.2 Å². The fourth-order valence-electron chi connectivity index (χ4n) is 0.852. The molecule has 1 aromatic carbocycles. The number of halogens is 4. The topological polar surface area (TPSA) is 0 Å². The lowest BCUT2D eigenvalue weighted by atomic mass is 10.1. The van der Waals surface area contributed by atoms with Gasteiger partial charge in [-0.2, -0.15) is 25.8 Å². The molecule has 72 valence electrons. The minimum atomic E-state index is -4.28. The summed E-state index contributed by atoms with van der Waals surface area (Å²) in [6.07, 6.45) is -4.28. The van der Waals surface area contributed by atoms with Crippen LogP contribution in [0.15, 0.2) is 22.7 Å². The van der Waals surface area contributed by atoms with E-state index >= 15 is 0 Å². The molecule has 0 unspecified atom stereocenters. The minimum Gasteiger partial charge on any atom is -0.175 e. The van der Waals surface area contributed by atoms with Crippen LogP contribution in [0.2, 0.25) is 0 Å². The number of hydrogen-bond donors (Lipinski definition) is 1. The molecule has 1 aromatic rings. The number of thiol groups is 1. The summed E-state index contributed by atoms with van der Waals surface area (Å²) in [6.45, 7) is 0. The average Bonchev–Trinajstić information content (AvgIpc) is 2.02. The van der Waals surface area contributed by atoms with Crippen molar-refractivity contribution in [2.24, 2.45) is 0 Å². The first kappa shape index (κ1) is 10.9. The fourth-order valence-corrected chi connectivity index (χ4v) is 1.86. The van der Waals surface area contributed by atoms with Crippen LogP contribution in [0.5, 0.6) is 0 Å². The maximum atomic E-state index is 12.2. The monoisotopic (exact) mass is 270 g/mol. The highest BCUT2D eigenvalue weighted by atomic mass is 79.9. The molecule has 0 aromatic heterocycles. The van der Waals surface area contributed by atoms with Gasteiger partial charge in [-0.1, -0.05) is 22.0 Å². The van der Waals surface area contributed by atoms with E-state index in [0.717, 1.165) is 17.7 Å². The summed E-state index contributed by atoms with van der Waals surface area (Å²) in [5.74, 6) is 0.415. The molecule has 0 saturated heterocycles. The van der Waals surface area contributed by atoms with Gasteiger partial charge in [0.05, 0.1) is 5.56 Å². The SMILES string of the molecule is FC(F)(F)c1ccc(CS)c(Br)c1. The van der Waals surface area contributed by atoms with Crippen molar-refractivity contribution in [3.05, 3.63) is 33.8 Å². The molecule has 0 aliphatic rings. The van der Waals surface area contributed by atoms with E-state index in [0.29, 0.717) is 10.2 Å². The summed E-state index contributed by atoms with van der Waals surface area (Å²) in [7, 11) is 0.